The van der Waals surface area contributed by atoms with E-state index in [-0.39, 0.29) is 6.03 Å². The van der Waals surface area contributed by atoms with Crippen LogP contribution in [0, 0.1) is 0 Å². The first kappa shape index (κ1) is 13.0. The Bertz CT molecular complexity index is 856. The molecule has 0 radical (unpaired) electrons. The lowest BCUT2D eigenvalue weighted by Gasteiger charge is -2.17. The molecule has 1 aliphatic heterocycles. The summed E-state index contributed by atoms with van der Waals surface area (Å²) in [6.45, 7) is 1.66. The van der Waals surface area contributed by atoms with Gasteiger partial charge in [-0.2, -0.15) is 0 Å². The smallest absolute Gasteiger partial charge is 0.321 e. The van der Waals surface area contributed by atoms with Crippen molar-refractivity contribution in [3.8, 4) is 0 Å². The number of nitrogens with zero attached hydrogens (tertiary/aromatic N) is 3. The molecule has 1 N–H and O–H groups in total. The van der Waals surface area contributed by atoms with Gasteiger partial charge in [-0.1, -0.05) is 6.07 Å². The number of carbonyl (C=O) groups excluding carboxylic acids is 1. The lowest BCUT2D eigenvalue weighted by molar-refractivity contribution is 0.222. The van der Waals surface area contributed by atoms with E-state index in [1.165, 1.54) is 0 Å². The van der Waals surface area contributed by atoms with Gasteiger partial charge in [0.25, 0.3) is 0 Å². The molecule has 0 atom stereocenters. The molecule has 0 spiro atoms. The van der Waals surface area contributed by atoms with Gasteiger partial charge in [-0.25, -0.2) is 4.79 Å². The van der Waals surface area contributed by atoms with E-state index in [0.717, 1.165) is 53.4 Å². The van der Waals surface area contributed by atoms with Gasteiger partial charge in [-0.05, 0) is 37.1 Å². The maximum absolute atomic E-state index is 12.4. The number of fused-ring (bicyclic) bond motifs is 3. The van der Waals surface area contributed by atoms with Crippen LogP contribution >= 0.6 is 0 Å². The predicted octanol–water partition coefficient (Wildman–Crippen LogP) is 3.41. The van der Waals surface area contributed by atoms with E-state index < -0.39 is 0 Å². The average molecular weight is 292 g/mol. The number of pyridine rings is 2. The molecule has 1 aliphatic rings. The summed E-state index contributed by atoms with van der Waals surface area (Å²) in [6, 6.07) is 9.66. The number of anilines is 1. The number of benzene rings is 1. The number of hydrogen-bond donors (Lipinski definition) is 1. The Kier molecular flexibility index (Phi) is 3.11. The molecule has 1 saturated heterocycles. The summed E-state index contributed by atoms with van der Waals surface area (Å²) in [5.74, 6) is 0. The number of carbonyl (C=O) groups is 1. The minimum Gasteiger partial charge on any atom is -0.325 e. The van der Waals surface area contributed by atoms with Crippen molar-refractivity contribution in [2.45, 2.75) is 12.8 Å². The predicted molar refractivity (Wildman–Crippen MR) is 86.9 cm³/mol. The highest BCUT2D eigenvalue weighted by Crippen LogP contribution is 2.29. The Morgan fingerprint density at radius 2 is 1.77 bits per heavy atom. The van der Waals surface area contributed by atoms with Crippen LogP contribution in [0.3, 0.4) is 0 Å². The van der Waals surface area contributed by atoms with Gasteiger partial charge in [0.1, 0.15) is 0 Å². The van der Waals surface area contributed by atoms with Crippen molar-refractivity contribution >= 4 is 33.5 Å². The molecule has 0 bridgehead atoms. The van der Waals surface area contributed by atoms with Gasteiger partial charge < -0.3 is 10.2 Å². The zero-order valence-electron chi connectivity index (χ0n) is 12.1. The number of rotatable bonds is 1. The summed E-state index contributed by atoms with van der Waals surface area (Å²) in [4.78, 5) is 23.1. The average Bonchev–Trinajstić information content (AvgIpc) is 3.10. The molecule has 3 aromatic rings. The molecule has 0 unspecified atom stereocenters. The van der Waals surface area contributed by atoms with E-state index in [4.69, 9.17) is 0 Å². The van der Waals surface area contributed by atoms with Crippen LogP contribution in [0.5, 0.6) is 0 Å². The highest BCUT2D eigenvalue weighted by atomic mass is 16.2. The van der Waals surface area contributed by atoms with E-state index in [0.29, 0.717) is 0 Å². The van der Waals surface area contributed by atoms with Crippen molar-refractivity contribution in [2.75, 3.05) is 18.4 Å². The van der Waals surface area contributed by atoms with Gasteiger partial charge in [0.05, 0.1) is 16.7 Å². The summed E-state index contributed by atoms with van der Waals surface area (Å²) in [6.07, 6.45) is 5.68. The molecule has 3 heterocycles. The van der Waals surface area contributed by atoms with Crippen molar-refractivity contribution in [3.63, 3.8) is 0 Å². The number of urea groups is 1. The Morgan fingerprint density at radius 3 is 2.59 bits per heavy atom. The van der Waals surface area contributed by atoms with Crippen LogP contribution in [0.15, 0.2) is 42.7 Å². The van der Waals surface area contributed by atoms with Gasteiger partial charge >= 0.3 is 6.03 Å². The van der Waals surface area contributed by atoms with Crippen LogP contribution in [0.1, 0.15) is 12.8 Å². The Labute approximate surface area is 128 Å². The van der Waals surface area contributed by atoms with Crippen molar-refractivity contribution in [1.29, 1.82) is 0 Å². The zero-order chi connectivity index (χ0) is 14.9. The molecule has 110 valence electrons. The maximum Gasteiger partial charge on any atom is 0.321 e. The zero-order valence-corrected chi connectivity index (χ0v) is 12.1. The molecule has 1 aromatic carbocycles. The van der Waals surface area contributed by atoms with Crippen LogP contribution in [-0.2, 0) is 0 Å². The van der Waals surface area contributed by atoms with Crippen LogP contribution in [0.25, 0.3) is 21.8 Å². The largest absolute Gasteiger partial charge is 0.325 e. The highest BCUT2D eigenvalue weighted by molar-refractivity contribution is 6.11. The first-order valence-electron chi connectivity index (χ1n) is 7.51. The minimum atomic E-state index is -0.0362. The monoisotopic (exact) mass is 292 g/mol. The molecular formula is C17H16N4O. The summed E-state index contributed by atoms with van der Waals surface area (Å²) in [5.41, 5.74) is 2.47. The standard InChI is InChI=1S/C17H16N4O/c22-17(21-9-1-2-10-21)20-14-11-12-5-3-7-18-15(12)16-13(14)6-4-8-19-16/h3-8,11H,1-2,9-10H2,(H,20,22). The summed E-state index contributed by atoms with van der Waals surface area (Å²) < 4.78 is 0. The lowest BCUT2D eigenvalue weighted by atomic mass is 10.1. The molecule has 0 aliphatic carbocycles. The quantitative estimate of drug-likeness (QED) is 0.699. The third-order valence-electron chi connectivity index (χ3n) is 4.10. The number of aromatic nitrogens is 2. The van der Waals surface area contributed by atoms with Crippen molar-refractivity contribution in [3.05, 3.63) is 42.7 Å². The molecule has 2 amide bonds. The molecule has 1 fully saturated rings. The number of nitrogens with one attached hydrogen (secondary N) is 1. The number of likely N-dealkylation sites (tertiary alicyclic amines) is 1. The minimum absolute atomic E-state index is 0.0362. The molecular weight excluding hydrogens is 276 g/mol. The second-order valence-corrected chi connectivity index (χ2v) is 5.52. The van der Waals surface area contributed by atoms with Gasteiger partial charge in [0, 0.05) is 36.3 Å². The summed E-state index contributed by atoms with van der Waals surface area (Å²) in [5, 5.41) is 4.93. The SMILES string of the molecule is O=C(Nc1cc2cccnc2c2ncccc12)N1CCCC1. The normalized spacial score (nSPS) is 14.6. The van der Waals surface area contributed by atoms with E-state index in [2.05, 4.69) is 15.3 Å². The number of amides is 2. The summed E-state index contributed by atoms with van der Waals surface area (Å²) in [7, 11) is 0. The first-order chi connectivity index (χ1) is 10.8. The summed E-state index contributed by atoms with van der Waals surface area (Å²) >= 11 is 0. The van der Waals surface area contributed by atoms with E-state index in [1.54, 1.807) is 12.4 Å². The topological polar surface area (TPSA) is 58.1 Å². The Hall–Kier alpha value is -2.69. The third-order valence-corrected chi connectivity index (χ3v) is 4.10. The van der Waals surface area contributed by atoms with Crippen LogP contribution in [0.4, 0.5) is 10.5 Å². The second kappa shape index (κ2) is 5.26. The van der Waals surface area contributed by atoms with Crippen LogP contribution < -0.4 is 5.32 Å². The van der Waals surface area contributed by atoms with E-state index in [9.17, 15) is 4.79 Å². The molecule has 4 rings (SSSR count). The molecule has 0 saturated carbocycles. The fourth-order valence-electron chi connectivity index (χ4n) is 2.99. The van der Waals surface area contributed by atoms with Gasteiger partial charge in [-0.15, -0.1) is 0 Å². The molecule has 5 nitrogen and oxygen atoms in total. The van der Waals surface area contributed by atoms with Gasteiger partial charge in [0.15, 0.2) is 0 Å². The van der Waals surface area contributed by atoms with Crippen LogP contribution in [0.2, 0.25) is 0 Å². The molecule has 5 heteroatoms. The number of hydrogen-bond acceptors (Lipinski definition) is 3. The van der Waals surface area contributed by atoms with Gasteiger partial charge in [-0.3, -0.25) is 9.97 Å². The third kappa shape index (κ3) is 2.15. The Balaban J connectivity index is 1.83. The maximum atomic E-state index is 12.4. The highest BCUT2D eigenvalue weighted by Gasteiger charge is 2.19. The first-order valence-corrected chi connectivity index (χ1v) is 7.51. The van der Waals surface area contributed by atoms with E-state index in [1.807, 2.05) is 35.2 Å². The van der Waals surface area contributed by atoms with Crippen molar-refractivity contribution < 1.29 is 4.79 Å². The van der Waals surface area contributed by atoms with Crippen LogP contribution in [-0.4, -0.2) is 34.0 Å². The fraction of sp³-hybridized carbons (Fsp3) is 0.235. The van der Waals surface area contributed by atoms with E-state index >= 15 is 0 Å². The van der Waals surface area contributed by atoms with Crippen molar-refractivity contribution in [1.82, 2.24) is 14.9 Å². The van der Waals surface area contributed by atoms with Gasteiger partial charge in [0.2, 0.25) is 0 Å². The Morgan fingerprint density at radius 1 is 1.05 bits per heavy atom. The lowest BCUT2D eigenvalue weighted by Crippen LogP contribution is -2.32. The molecule has 2 aromatic heterocycles. The molecule has 22 heavy (non-hydrogen) atoms. The second-order valence-electron chi connectivity index (χ2n) is 5.52. The van der Waals surface area contributed by atoms with Crippen molar-refractivity contribution in [2.24, 2.45) is 0 Å². The fourth-order valence-corrected chi connectivity index (χ4v) is 2.99.